The molecule has 0 aromatic carbocycles. The minimum atomic E-state index is -0.964. The van der Waals surface area contributed by atoms with Gasteiger partial charge >= 0.3 is 0 Å². The second kappa shape index (κ2) is 4.39. The van der Waals surface area contributed by atoms with Crippen molar-refractivity contribution >= 4 is 11.8 Å². The normalized spacial score (nSPS) is 25.9. The average molecular weight is 201 g/mol. The van der Waals surface area contributed by atoms with Crippen LogP contribution in [-0.2, 0) is 14.3 Å². The van der Waals surface area contributed by atoms with E-state index in [1.807, 2.05) is 0 Å². The number of nitrogens with two attached hydrogens (primary N) is 1. The summed E-state index contributed by atoms with van der Waals surface area (Å²) in [5.41, 5.74) is 4.80. The van der Waals surface area contributed by atoms with Crippen molar-refractivity contribution in [3.05, 3.63) is 0 Å². The van der Waals surface area contributed by atoms with Gasteiger partial charge < -0.3 is 21.1 Å². The number of likely N-dealkylation sites (N-methyl/N-ethyl adjacent to an activating group) is 1. The Hall–Kier alpha value is -1.14. The third-order valence-corrected chi connectivity index (χ3v) is 2.19. The van der Waals surface area contributed by atoms with Gasteiger partial charge in [-0.1, -0.05) is 0 Å². The molecule has 0 aliphatic carbocycles. The molecule has 0 saturated carbocycles. The van der Waals surface area contributed by atoms with Crippen LogP contribution in [0.4, 0.5) is 0 Å². The Morgan fingerprint density at radius 3 is 2.79 bits per heavy atom. The van der Waals surface area contributed by atoms with Gasteiger partial charge in [-0.15, -0.1) is 0 Å². The van der Waals surface area contributed by atoms with Crippen LogP contribution in [0.15, 0.2) is 0 Å². The van der Waals surface area contributed by atoms with E-state index in [0.717, 1.165) is 0 Å². The Labute approximate surface area is 82.2 Å². The molecule has 6 heteroatoms. The summed E-state index contributed by atoms with van der Waals surface area (Å²) >= 11 is 0. The molecule has 2 amide bonds. The zero-order chi connectivity index (χ0) is 10.6. The van der Waals surface area contributed by atoms with Crippen LogP contribution >= 0.6 is 0 Å². The minimum absolute atomic E-state index is 0.0473. The molecule has 4 N–H and O–H groups in total. The van der Waals surface area contributed by atoms with Crippen LogP contribution in [0.25, 0.3) is 0 Å². The van der Waals surface area contributed by atoms with Crippen LogP contribution in [0.3, 0.4) is 0 Å². The van der Waals surface area contributed by atoms with Crippen LogP contribution in [0.2, 0.25) is 0 Å². The lowest BCUT2D eigenvalue weighted by atomic mass is 9.99. The highest BCUT2D eigenvalue weighted by Gasteiger charge is 2.38. The number of ether oxygens (including phenoxy) is 1. The smallest absolute Gasteiger partial charge is 0.243 e. The molecular weight excluding hydrogens is 186 g/mol. The number of hydrogen-bond donors (Lipinski definition) is 3. The number of amides is 2. The first-order valence-electron chi connectivity index (χ1n) is 4.44. The minimum Gasteiger partial charge on any atom is -0.379 e. The Kier molecular flexibility index (Phi) is 3.43. The molecule has 1 aliphatic heterocycles. The van der Waals surface area contributed by atoms with Crippen LogP contribution in [0, 0.1) is 0 Å². The van der Waals surface area contributed by atoms with Gasteiger partial charge in [-0.2, -0.15) is 0 Å². The maximum atomic E-state index is 11.5. The van der Waals surface area contributed by atoms with Gasteiger partial charge in [0.05, 0.1) is 13.2 Å². The predicted molar refractivity (Wildman–Crippen MR) is 49.4 cm³/mol. The molecule has 0 spiro atoms. The standard InChI is InChI=1S/C8H15N3O3/c1-10-6(12)4-11-7(13)8(9)2-3-14-5-8/h2-5,9H2,1H3,(H,10,12)(H,11,13). The topological polar surface area (TPSA) is 93.5 Å². The zero-order valence-corrected chi connectivity index (χ0v) is 8.13. The molecule has 1 rings (SSSR count). The van der Waals surface area contributed by atoms with Gasteiger partial charge in [0.15, 0.2) is 0 Å². The van der Waals surface area contributed by atoms with E-state index in [9.17, 15) is 9.59 Å². The molecule has 0 aromatic heterocycles. The van der Waals surface area contributed by atoms with Crippen molar-refractivity contribution in [2.75, 3.05) is 26.8 Å². The Bertz CT molecular complexity index is 236. The molecule has 80 valence electrons. The maximum Gasteiger partial charge on any atom is 0.243 e. The number of carbonyl (C=O) groups is 2. The summed E-state index contributed by atoms with van der Waals surface area (Å²) in [5.74, 6) is -0.584. The van der Waals surface area contributed by atoms with E-state index < -0.39 is 5.54 Å². The quantitative estimate of drug-likeness (QED) is 0.490. The second-order valence-electron chi connectivity index (χ2n) is 3.31. The SMILES string of the molecule is CNC(=O)CNC(=O)C1(N)CCOC1. The van der Waals surface area contributed by atoms with E-state index in [0.29, 0.717) is 13.0 Å². The largest absolute Gasteiger partial charge is 0.379 e. The van der Waals surface area contributed by atoms with E-state index in [-0.39, 0.29) is 25.0 Å². The molecule has 0 aromatic rings. The van der Waals surface area contributed by atoms with Crippen LogP contribution in [0.5, 0.6) is 0 Å². The summed E-state index contributed by atoms with van der Waals surface area (Å²) in [6.07, 6.45) is 0.493. The van der Waals surface area contributed by atoms with Gasteiger partial charge in [-0.3, -0.25) is 9.59 Å². The number of carbonyl (C=O) groups excluding carboxylic acids is 2. The van der Waals surface area contributed by atoms with Crippen LogP contribution in [-0.4, -0.2) is 44.2 Å². The molecule has 1 saturated heterocycles. The fraction of sp³-hybridized carbons (Fsp3) is 0.750. The highest BCUT2D eigenvalue weighted by Crippen LogP contribution is 2.14. The summed E-state index contributed by atoms with van der Waals surface area (Å²) in [6, 6.07) is 0. The Morgan fingerprint density at radius 2 is 2.29 bits per heavy atom. The third-order valence-electron chi connectivity index (χ3n) is 2.19. The maximum absolute atomic E-state index is 11.5. The fourth-order valence-corrected chi connectivity index (χ4v) is 1.18. The molecule has 1 aliphatic rings. The first-order valence-corrected chi connectivity index (χ1v) is 4.44. The van der Waals surface area contributed by atoms with Crippen molar-refractivity contribution in [1.82, 2.24) is 10.6 Å². The van der Waals surface area contributed by atoms with Gasteiger partial charge in [0.2, 0.25) is 11.8 Å². The number of hydrogen-bond acceptors (Lipinski definition) is 4. The third kappa shape index (κ3) is 2.43. The summed E-state index contributed by atoms with van der Waals surface area (Å²) in [5, 5.41) is 4.86. The highest BCUT2D eigenvalue weighted by atomic mass is 16.5. The van der Waals surface area contributed by atoms with Gasteiger partial charge in [-0.05, 0) is 6.42 Å². The Balaban J connectivity index is 2.38. The van der Waals surface area contributed by atoms with Crippen molar-refractivity contribution in [2.24, 2.45) is 5.73 Å². The summed E-state index contributed by atoms with van der Waals surface area (Å²) in [4.78, 5) is 22.3. The van der Waals surface area contributed by atoms with E-state index >= 15 is 0 Å². The second-order valence-corrected chi connectivity index (χ2v) is 3.31. The fourth-order valence-electron chi connectivity index (χ4n) is 1.18. The summed E-state index contributed by atoms with van der Waals surface area (Å²) in [6.45, 7) is 0.657. The Morgan fingerprint density at radius 1 is 1.57 bits per heavy atom. The molecule has 14 heavy (non-hydrogen) atoms. The van der Waals surface area contributed by atoms with Crippen molar-refractivity contribution in [1.29, 1.82) is 0 Å². The molecule has 1 unspecified atom stereocenters. The average Bonchev–Trinajstić information content (AvgIpc) is 2.62. The molecule has 0 radical (unpaired) electrons. The molecule has 6 nitrogen and oxygen atoms in total. The van der Waals surface area contributed by atoms with Crippen LogP contribution < -0.4 is 16.4 Å². The van der Waals surface area contributed by atoms with Gasteiger partial charge in [-0.25, -0.2) is 0 Å². The van der Waals surface area contributed by atoms with Crippen molar-refractivity contribution in [2.45, 2.75) is 12.0 Å². The molecular formula is C8H15N3O3. The van der Waals surface area contributed by atoms with Gasteiger partial charge in [0.1, 0.15) is 5.54 Å². The van der Waals surface area contributed by atoms with Gasteiger partial charge in [0.25, 0.3) is 0 Å². The lowest BCUT2D eigenvalue weighted by Crippen LogP contribution is -2.55. The zero-order valence-electron chi connectivity index (χ0n) is 8.13. The summed E-state index contributed by atoms with van der Waals surface area (Å²) < 4.78 is 5.03. The molecule has 1 fully saturated rings. The van der Waals surface area contributed by atoms with Crippen molar-refractivity contribution < 1.29 is 14.3 Å². The van der Waals surface area contributed by atoms with Crippen molar-refractivity contribution in [3.63, 3.8) is 0 Å². The van der Waals surface area contributed by atoms with E-state index in [1.54, 1.807) is 0 Å². The first-order chi connectivity index (χ1) is 6.58. The van der Waals surface area contributed by atoms with E-state index in [2.05, 4.69) is 10.6 Å². The van der Waals surface area contributed by atoms with Crippen LogP contribution in [0.1, 0.15) is 6.42 Å². The summed E-state index contributed by atoms with van der Waals surface area (Å²) in [7, 11) is 1.51. The predicted octanol–water partition coefficient (Wildman–Crippen LogP) is -2.03. The number of rotatable bonds is 3. The number of nitrogens with one attached hydrogen (secondary N) is 2. The lowest BCUT2D eigenvalue weighted by molar-refractivity contribution is -0.129. The monoisotopic (exact) mass is 201 g/mol. The highest BCUT2D eigenvalue weighted by molar-refractivity contribution is 5.90. The molecule has 1 atom stereocenters. The van der Waals surface area contributed by atoms with Crippen molar-refractivity contribution in [3.8, 4) is 0 Å². The van der Waals surface area contributed by atoms with E-state index in [4.69, 9.17) is 10.5 Å². The molecule has 1 heterocycles. The lowest BCUT2D eigenvalue weighted by Gasteiger charge is -2.20. The van der Waals surface area contributed by atoms with Gasteiger partial charge in [0, 0.05) is 13.7 Å². The van der Waals surface area contributed by atoms with E-state index in [1.165, 1.54) is 7.05 Å². The first kappa shape index (κ1) is 10.9. The molecule has 0 bridgehead atoms.